The fourth-order valence-corrected chi connectivity index (χ4v) is 4.51. The van der Waals surface area contributed by atoms with Gasteiger partial charge >= 0.3 is 0 Å². The summed E-state index contributed by atoms with van der Waals surface area (Å²) in [5.74, 6) is -2.61. The highest BCUT2D eigenvalue weighted by Crippen LogP contribution is 2.49. The third kappa shape index (κ3) is 3.42. The molecule has 2 aliphatic heterocycles. The molecule has 166 valence electrons. The van der Waals surface area contributed by atoms with Gasteiger partial charge in [-0.05, 0) is 42.0 Å². The average molecular weight is 468 g/mol. The van der Waals surface area contributed by atoms with E-state index in [-0.39, 0.29) is 11.4 Å². The molecule has 0 bridgehead atoms. The minimum Gasteiger partial charge on any atom is -0.273 e. The van der Waals surface area contributed by atoms with Gasteiger partial charge < -0.3 is 0 Å². The standard InChI is InChI=1S/C23H15ClFN3O5/c24-18-7-2-1-6-17(18)20-19-21(33-27(20)15-4-3-5-16(12-15)28(31)32)23(30)26(22(19)29)14-10-8-13(25)9-11-14/h1-12,19-21H/t19-,20+,21+/m0/s1. The summed E-state index contributed by atoms with van der Waals surface area (Å²) in [5, 5.41) is 13.0. The molecule has 33 heavy (non-hydrogen) atoms. The van der Waals surface area contributed by atoms with Crippen LogP contribution in [0.2, 0.25) is 5.02 Å². The van der Waals surface area contributed by atoms with E-state index in [0.717, 1.165) is 17.0 Å². The number of nitrogens with zero attached hydrogens (tertiary/aromatic N) is 3. The van der Waals surface area contributed by atoms with Gasteiger partial charge in [-0.1, -0.05) is 35.9 Å². The molecule has 8 nitrogen and oxygen atoms in total. The van der Waals surface area contributed by atoms with Crippen LogP contribution in [0.3, 0.4) is 0 Å². The maximum atomic E-state index is 13.5. The quantitative estimate of drug-likeness (QED) is 0.320. The molecule has 0 aliphatic carbocycles. The summed E-state index contributed by atoms with van der Waals surface area (Å²) in [6.07, 6.45) is -1.18. The Morgan fingerprint density at radius 1 is 0.939 bits per heavy atom. The van der Waals surface area contributed by atoms with E-state index in [2.05, 4.69) is 0 Å². The lowest BCUT2D eigenvalue weighted by Crippen LogP contribution is -2.37. The van der Waals surface area contributed by atoms with E-state index in [1.807, 2.05) is 0 Å². The molecule has 3 aromatic carbocycles. The third-order valence-electron chi connectivity index (χ3n) is 5.72. The number of non-ortho nitro benzene ring substituents is 1. The number of imide groups is 1. The predicted molar refractivity (Wildman–Crippen MR) is 117 cm³/mol. The van der Waals surface area contributed by atoms with Crippen molar-refractivity contribution in [3.05, 3.63) is 99.3 Å². The van der Waals surface area contributed by atoms with Gasteiger partial charge in [-0.2, -0.15) is 0 Å². The van der Waals surface area contributed by atoms with Crippen LogP contribution >= 0.6 is 11.6 Å². The molecular formula is C23H15ClFN3O5. The van der Waals surface area contributed by atoms with Gasteiger partial charge in [-0.15, -0.1) is 0 Å². The molecule has 3 aromatic rings. The molecule has 0 saturated carbocycles. The summed E-state index contributed by atoms with van der Waals surface area (Å²) >= 11 is 6.44. The fraction of sp³-hybridized carbons (Fsp3) is 0.130. The smallest absolute Gasteiger partial charge is 0.271 e. The molecule has 3 atom stereocenters. The van der Waals surface area contributed by atoms with E-state index in [1.165, 1.54) is 35.4 Å². The van der Waals surface area contributed by atoms with Gasteiger partial charge in [0.1, 0.15) is 11.7 Å². The van der Waals surface area contributed by atoms with Crippen LogP contribution in [0.15, 0.2) is 72.8 Å². The highest BCUT2D eigenvalue weighted by atomic mass is 35.5. The van der Waals surface area contributed by atoms with Crippen LogP contribution in [0.25, 0.3) is 0 Å². The molecule has 0 radical (unpaired) electrons. The van der Waals surface area contributed by atoms with Gasteiger partial charge in [0.2, 0.25) is 5.91 Å². The van der Waals surface area contributed by atoms with Crippen LogP contribution in [0, 0.1) is 21.8 Å². The van der Waals surface area contributed by atoms with Crippen LogP contribution in [0.5, 0.6) is 0 Å². The van der Waals surface area contributed by atoms with Crippen LogP contribution in [0.1, 0.15) is 11.6 Å². The van der Waals surface area contributed by atoms with Crippen molar-refractivity contribution in [1.29, 1.82) is 0 Å². The normalized spacial score (nSPS) is 22.1. The van der Waals surface area contributed by atoms with Gasteiger partial charge in [0, 0.05) is 17.2 Å². The van der Waals surface area contributed by atoms with Crippen molar-refractivity contribution in [2.24, 2.45) is 5.92 Å². The molecule has 0 unspecified atom stereocenters. The molecule has 0 N–H and O–H groups in total. The topological polar surface area (TPSA) is 93.0 Å². The van der Waals surface area contributed by atoms with Crippen molar-refractivity contribution in [2.75, 3.05) is 9.96 Å². The Labute approximate surface area is 191 Å². The average Bonchev–Trinajstić information content (AvgIpc) is 3.31. The second kappa shape index (κ2) is 7.95. The number of anilines is 2. The van der Waals surface area contributed by atoms with Gasteiger partial charge in [-0.25, -0.2) is 14.4 Å². The molecule has 2 fully saturated rings. The number of halogens is 2. The third-order valence-corrected chi connectivity index (χ3v) is 6.06. The van der Waals surface area contributed by atoms with E-state index in [9.17, 15) is 24.1 Å². The molecule has 0 spiro atoms. The van der Waals surface area contributed by atoms with Crippen molar-refractivity contribution in [3.63, 3.8) is 0 Å². The Morgan fingerprint density at radius 3 is 2.36 bits per heavy atom. The number of hydroxylamine groups is 1. The number of fused-ring (bicyclic) bond motifs is 1. The van der Waals surface area contributed by atoms with Crippen LogP contribution in [0.4, 0.5) is 21.5 Å². The highest BCUT2D eigenvalue weighted by molar-refractivity contribution is 6.31. The van der Waals surface area contributed by atoms with Crippen molar-refractivity contribution in [2.45, 2.75) is 12.1 Å². The Bertz CT molecular complexity index is 1290. The van der Waals surface area contributed by atoms with Gasteiger partial charge in [0.25, 0.3) is 11.6 Å². The van der Waals surface area contributed by atoms with E-state index in [1.54, 1.807) is 30.3 Å². The number of carbonyl (C=O) groups is 2. The molecule has 5 rings (SSSR count). The van der Waals surface area contributed by atoms with Gasteiger partial charge in [0.05, 0.1) is 22.3 Å². The van der Waals surface area contributed by atoms with Crippen molar-refractivity contribution in [3.8, 4) is 0 Å². The lowest BCUT2D eigenvalue weighted by molar-refractivity contribution is -0.384. The fourth-order valence-electron chi connectivity index (χ4n) is 4.26. The maximum Gasteiger partial charge on any atom is 0.271 e. The molecule has 2 saturated heterocycles. The molecule has 0 aromatic heterocycles. The SMILES string of the molecule is O=C1[C@H]2[C@@H](c3ccccc3Cl)N(c3cccc([N+](=O)[O-])c3)O[C@H]2C(=O)N1c1ccc(F)cc1. The lowest BCUT2D eigenvalue weighted by atomic mass is 9.90. The van der Waals surface area contributed by atoms with E-state index in [4.69, 9.17) is 16.4 Å². The zero-order valence-corrected chi connectivity index (χ0v) is 17.6. The first-order chi connectivity index (χ1) is 15.9. The highest BCUT2D eigenvalue weighted by Gasteiger charge is 2.60. The second-order valence-corrected chi connectivity index (χ2v) is 8.02. The first kappa shape index (κ1) is 21.0. The molecular weight excluding hydrogens is 453 g/mol. The predicted octanol–water partition coefficient (Wildman–Crippen LogP) is 4.44. The Balaban J connectivity index is 1.61. The molecule has 2 heterocycles. The Kier molecular flexibility index (Phi) is 5.07. The molecule has 10 heteroatoms. The number of nitro groups is 1. The maximum absolute atomic E-state index is 13.5. The number of amides is 2. The van der Waals surface area contributed by atoms with E-state index in [0.29, 0.717) is 16.3 Å². The van der Waals surface area contributed by atoms with Crippen molar-refractivity contribution >= 4 is 40.5 Å². The number of hydrogen-bond donors (Lipinski definition) is 0. The molecule has 2 aliphatic rings. The second-order valence-electron chi connectivity index (χ2n) is 7.61. The van der Waals surface area contributed by atoms with Crippen molar-refractivity contribution in [1.82, 2.24) is 0 Å². The number of hydrogen-bond acceptors (Lipinski definition) is 6. The summed E-state index contributed by atoms with van der Waals surface area (Å²) in [6.45, 7) is 0. The summed E-state index contributed by atoms with van der Waals surface area (Å²) in [5.41, 5.74) is 0.888. The zero-order chi connectivity index (χ0) is 23.3. The summed E-state index contributed by atoms with van der Waals surface area (Å²) in [7, 11) is 0. The number of nitro benzene ring substituents is 1. The monoisotopic (exact) mass is 467 g/mol. The minimum absolute atomic E-state index is 0.170. The molecule has 2 amide bonds. The largest absolute Gasteiger partial charge is 0.273 e. The zero-order valence-electron chi connectivity index (χ0n) is 16.8. The van der Waals surface area contributed by atoms with E-state index < -0.39 is 40.6 Å². The van der Waals surface area contributed by atoms with Crippen LogP contribution in [-0.2, 0) is 14.4 Å². The minimum atomic E-state index is -1.18. The summed E-state index contributed by atoms with van der Waals surface area (Å²) < 4.78 is 13.4. The summed E-state index contributed by atoms with van der Waals surface area (Å²) in [6, 6.07) is 16.7. The van der Waals surface area contributed by atoms with Crippen molar-refractivity contribution < 1.29 is 23.7 Å². The number of benzene rings is 3. The first-order valence-electron chi connectivity index (χ1n) is 9.95. The summed E-state index contributed by atoms with van der Waals surface area (Å²) in [4.78, 5) is 44.4. The van der Waals surface area contributed by atoms with E-state index >= 15 is 0 Å². The lowest BCUT2D eigenvalue weighted by Gasteiger charge is -2.29. The van der Waals surface area contributed by atoms with Crippen LogP contribution < -0.4 is 9.96 Å². The van der Waals surface area contributed by atoms with Gasteiger partial charge in [-0.3, -0.25) is 24.5 Å². The number of rotatable bonds is 4. The Hall–Kier alpha value is -3.82. The Morgan fingerprint density at radius 2 is 1.67 bits per heavy atom. The first-order valence-corrected chi connectivity index (χ1v) is 10.3. The van der Waals surface area contributed by atoms with Crippen LogP contribution in [-0.4, -0.2) is 22.8 Å². The van der Waals surface area contributed by atoms with Gasteiger partial charge in [0.15, 0.2) is 6.10 Å². The number of carbonyl (C=O) groups excluding carboxylic acids is 2.